The van der Waals surface area contributed by atoms with Gasteiger partial charge in [-0.05, 0) is 20.3 Å². The fourth-order valence-corrected chi connectivity index (χ4v) is 2.89. The maximum atomic E-state index is 11.8. The molecule has 1 unspecified atom stereocenters. The van der Waals surface area contributed by atoms with Gasteiger partial charge in [0.2, 0.25) is 5.91 Å². The lowest BCUT2D eigenvalue weighted by Gasteiger charge is -2.21. The summed E-state index contributed by atoms with van der Waals surface area (Å²) >= 11 is 0. The van der Waals surface area contributed by atoms with E-state index in [1.807, 2.05) is 0 Å². The molecule has 0 aromatic heterocycles. The van der Waals surface area contributed by atoms with Crippen LogP contribution in [0.3, 0.4) is 0 Å². The Morgan fingerprint density at radius 3 is 1.68 bits per heavy atom. The predicted molar refractivity (Wildman–Crippen MR) is 103 cm³/mol. The van der Waals surface area contributed by atoms with Gasteiger partial charge in [-0.15, -0.1) is 0 Å². The summed E-state index contributed by atoms with van der Waals surface area (Å²) in [6.07, 6.45) is 16.8. The molecule has 148 valence electrons. The van der Waals surface area contributed by atoms with Gasteiger partial charge in [0, 0.05) is 6.42 Å². The van der Waals surface area contributed by atoms with Crippen LogP contribution in [0.5, 0.6) is 0 Å². The highest BCUT2D eigenvalue weighted by atomic mass is 16.5. The van der Waals surface area contributed by atoms with Crippen LogP contribution >= 0.6 is 0 Å². The molecule has 0 saturated heterocycles. The third kappa shape index (κ3) is 12.9. The number of carbonyl (C=O) groups is 1. The average Bonchev–Trinajstić information content (AvgIpc) is 2.63. The first-order chi connectivity index (χ1) is 12.0. The number of rotatable bonds is 16. The molecule has 0 spiro atoms. The SMILES string of the molecule is CCCCCCCCCCCCCCCC(=O)N(O)C(C)C(C)=NO. The summed E-state index contributed by atoms with van der Waals surface area (Å²) in [5, 5.41) is 22.1. The minimum atomic E-state index is -0.584. The van der Waals surface area contributed by atoms with E-state index in [9.17, 15) is 10.0 Å². The molecule has 1 atom stereocenters. The monoisotopic (exact) mass is 356 g/mol. The molecule has 0 aromatic rings. The van der Waals surface area contributed by atoms with Crippen molar-refractivity contribution < 1.29 is 15.2 Å². The largest absolute Gasteiger partial charge is 0.411 e. The molecule has 0 aliphatic carbocycles. The molecule has 5 heteroatoms. The van der Waals surface area contributed by atoms with Gasteiger partial charge in [0.05, 0.1) is 11.8 Å². The molecule has 0 heterocycles. The predicted octanol–water partition coefficient (Wildman–Crippen LogP) is 5.92. The Morgan fingerprint density at radius 1 is 0.880 bits per heavy atom. The Hall–Kier alpha value is -1.10. The molecule has 2 N–H and O–H groups in total. The highest BCUT2D eigenvalue weighted by molar-refractivity contribution is 5.90. The molecule has 1 amide bonds. The van der Waals surface area contributed by atoms with E-state index in [0.717, 1.165) is 19.3 Å². The van der Waals surface area contributed by atoms with Gasteiger partial charge in [0.25, 0.3) is 0 Å². The van der Waals surface area contributed by atoms with E-state index in [-0.39, 0.29) is 5.91 Å². The summed E-state index contributed by atoms with van der Waals surface area (Å²) < 4.78 is 0. The molecule has 0 aromatic carbocycles. The van der Waals surface area contributed by atoms with Crippen LogP contribution in [-0.2, 0) is 4.79 Å². The van der Waals surface area contributed by atoms with Crippen LogP contribution in [0, 0.1) is 0 Å². The molecule has 0 radical (unpaired) electrons. The van der Waals surface area contributed by atoms with Gasteiger partial charge in [-0.3, -0.25) is 10.0 Å². The first-order valence-corrected chi connectivity index (χ1v) is 10.2. The van der Waals surface area contributed by atoms with E-state index in [0.29, 0.717) is 17.2 Å². The molecular formula is C20H40N2O3. The zero-order valence-electron chi connectivity index (χ0n) is 16.7. The van der Waals surface area contributed by atoms with Crippen LogP contribution in [0.25, 0.3) is 0 Å². The fraction of sp³-hybridized carbons (Fsp3) is 0.900. The molecule has 0 fully saturated rings. The maximum Gasteiger partial charge on any atom is 0.246 e. The Kier molecular flexibility index (Phi) is 15.7. The molecule has 0 aliphatic heterocycles. The summed E-state index contributed by atoms with van der Waals surface area (Å²) in [6, 6.07) is -0.584. The highest BCUT2D eigenvalue weighted by Gasteiger charge is 2.20. The molecule has 25 heavy (non-hydrogen) atoms. The Labute approximate surface area is 154 Å². The number of hydroxylamine groups is 2. The van der Waals surface area contributed by atoms with Gasteiger partial charge in [-0.1, -0.05) is 89.1 Å². The van der Waals surface area contributed by atoms with E-state index in [1.165, 1.54) is 64.2 Å². The van der Waals surface area contributed by atoms with Crippen molar-refractivity contribution in [3.63, 3.8) is 0 Å². The number of hydrogen-bond acceptors (Lipinski definition) is 4. The van der Waals surface area contributed by atoms with Crippen LogP contribution in [0.15, 0.2) is 5.16 Å². The third-order valence-corrected chi connectivity index (χ3v) is 4.88. The minimum absolute atomic E-state index is 0.307. The molecule has 0 saturated carbocycles. The van der Waals surface area contributed by atoms with Crippen LogP contribution in [0.4, 0.5) is 0 Å². The number of nitrogens with zero attached hydrogens (tertiary/aromatic N) is 2. The second-order valence-electron chi connectivity index (χ2n) is 7.15. The van der Waals surface area contributed by atoms with Crippen molar-refractivity contribution in [1.82, 2.24) is 5.06 Å². The minimum Gasteiger partial charge on any atom is -0.411 e. The first kappa shape index (κ1) is 23.9. The summed E-state index contributed by atoms with van der Waals surface area (Å²) in [4.78, 5) is 11.8. The Morgan fingerprint density at radius 2 is 1.28 bits per heavy atom. The van der Waals surface area contributed by atoms with Crippen molar-refractivity contribution >= 4 is 11.6 Å². The maximum absolute atomic E-state index is 11.8. The van der Waals surface area contributed by atoms with E-state index >= 15 is 0 Å². The van der Waals surface area contributed by atoms with Gasteiger partial charge in [0.1, 0.15) is 0 Å². The van der Waals surface area contributed by atoms with Gasteiger partial charge >= 0.3 is 0 Å². The number of unbranched alkanes of at least 4 members (excludes halogenated alkanes) is 12. The summed E-state index contributed by atoms with van der Waals surface area (Å²) in [5.74, 6) is -0.307. The van der Waals surface area contributed by atoms with Crippen LogP contribution < -0.4 is 0 Å². The molecule has 0 rings (SSSR count). The fourth-order valence-electron chi connectivity index (χ4n) is 2.89. The lowest BCUT2D eigenvalue weighted by Crippen LogP contribution is -2.39. The third-order valence-electron chi connectivity index (χ3n) is 4.88. The second kappa shape index (κ2) is 16.4. The molecular weight excluding hydrogens is 316 g/mol. The van der Waals surface area contributed by atoms with Gasteiger partial charge in [-0.2, -0.15) is 0 Å². The summed E-state index contributed by atoms with van der Waals surface area (Å²) in [7, 11) is 0. The molecule has 0 bridgehead atoms. The number of carbonyl (C=O) groups excluding carboxylic acids is 1. The van der Waals surface area contributed by atoms with Gasteiger partial charge < -0.3 is 5.21 Å². The zero-order valence-corrected chi connectivity index (χ0v) is 16.7. The number of amides is 1. The molecule has 5 nitrogen and oxygen atoms in total. The van der Waals surface area contributed by atoms with Crippen molar-refractivity contribution in [1.29, 1.82) is 0 Å². The van der Waals surface area contributed by atoms with E-state index in [1.54, 1.807) is 13.8 Å². The van der Waals surface area contributed by atoms with Crippen LogP contribution in [0.1, 0.15) is 111 Å². The summed E-state index contributed by atoms with van der Waals surface area (Å²) in [6.45, 7) is 5.46. The van der Waals surface area contributed by atoms with Crippen molar-refractivity contribution in [2.75, 3.05) is 0 Å². The smallest absolute Gasteiger partial charge is 0.246 e. The molecule has 0 aliphatic rings. The quantitative estimate of drug-likeness (QED) is 0.118. The summed E-state index contributed by atoms with van der Waals surface area (Å²) in [5.41, 5.74) is 0.321. The second-order valence-corrected chi connectivity index (χ2v) is 7.15. The highest BCUT2D eigenvalue weighted by Crippen LogP contribution is 2.13. The van der Waals surface area contributed by atoms with Gasteiger partial charge in [0.15, 0.2) is 0 Å². The van der Waals surface area contributed by atoms with Crippen LogP contribution in [0.2, 0.25) is 0 Å². The van der Waals surface area contributed by atoms with E-state index in [4.69, 9.17) is 5.21 Å². The standard InChI is InChI=1S/C20H40N2O3/c1-4-5-6-7-8-9-10-11-12-13-14-15-16-17-20(23)22(25)19(3)18(2)21-24/h19,24-25H,4-17H2,1-3H3. The Bertz CT molecular complexity index is 359. The lowest BCUT2D eigenvalue weighted by molar-refractivity contribution is -0.169. The van der Waals surface area contributed by atoms with Crippen molar-refractivity contribution in [3.05, 3.63) is 0 Å². The van der Waals surface area contributed by atoms with E-state index < -0.39 is 6.04 Å². The average molecular weight is 357 g/mol. The van der Waals surface area contributed by atoms with Crippen molar-refractivity contribution in [3.8, 4) is 0 Å². The van der Waals surface area contributed by atoms with E-state index in [2.05, 4.69) is 12.1 Å². The Balaban J connectivity index is 3.45. The number of hydrogen-bond donors (Lipinski definition) is 2. The first-order valence-electron chi connectivity index (χ1n) is 10.2. The zero-order chi connectivity index (χ0) is 18.9. The van der Waals surface area contributed by atoms with Crippen molar-refractivity contribution in [2.45, 2.75) is 117 Å². The number of oxime groups is 1. The lowest BCUT2D eigenvalue weighted by atomic mass is 10.0. The topological polar surface area (TPSA) is 73.1 Å². The van der Waals surface area contributed by atoms with Crippen LogP contribution in [-0.4, -0.2) is 33.1 Å². The van der Waals surface area contributed by atoms with Gasteiger partial charge in [-0.25, -0.2) is 5.06 Å². The normalized spacial score (nSPS) is 13.0. The van der Waals surface area contributed by atoms with Crippen molar-refractivity contribution in [2.24, 2.45) is 5.16 Å².